The molecule has 1 amide bonds. The third-order valence-electron chi connectivity index (χ3n) is 5.84. The molecule has 0 N–H and O–H groups in total. The predicted molar refractivity (Wildman–Crippen MR) is 112 cm³/mol. The molecule has 2 aromatic heterocycles. The van der Waals surface area contributed by atoms with Gasteiger partial charge in [0, 0.05) is 50.1 Å². The maximum atomic E-state index is 13.4. The molecule has 160 valence electrons. The first-order valence-electron chi connectivity index (χ1n) is 10.4. The fraction of sp³-hybridized carbons (Fsp3) is 0.524. The number of carbonyl (C=O) groups excluding carboxylic acids is 1. The molecule has 0 aromatic carbocycles. The fourth-order valence-electron chi connectivity index (χ4n) is 3.82. The minimum atomic E-state index is -3.75. The Morgan fingerprint density at radius 3 is 2.43 bits per heavy atom. The number of hydrogen-bond acceptors (Lipinski definition) is 6. The van der Waals surface area contributed by atoms with Crippen LogP contribution in [0, 0.1) is 11.8 Å². The molecule has 0 spiro atoms. The molecule has 2 aromatic rings. The van der Waals surface area contributed by atoms with E-state index in [-0.39, 0.29) is 35.7 Å². The second kappa shape index (κ2) is 8.03. The minimum Gasteiger partial charge on any atom is -0.340 e. The van der Waals surface area contributed by atoms with Gasteiger partial charge in [-0.15, -0.1) is 0 Å². The lowest BCUT2D eigenvalue weighted by Crippen LogP contribution is -2.51. The number of sulfonamides is 1. The number of hydrogen-bond donors (Lipinski definition) is 0. The van der Waals surface area contributed by atoms with Crippen molar-refractivity contribution in [1.29, 1.82) is 0 Å². The number of piperazine rings is 1. The van der Waals surface area contributed by atoms with Gasteiger partial charge in [0.05, 0.1) is 11.9 Å². The summed E-state index contributed by atoms with van der Waals surface area (Å²) >= 11 is 0. The van der Waals surface area contributed by atoms with E-state index in [0.717, 1.165) is 12.0 Å². The first-order chi connectivity index (χ1) is 14.3. The van der Waals surface area contributed by atoms with E-state index in [4.69, 9.17) is 0 Å². The average molecular weight is 430 g/mol. The number of pyridine rings is 1. The Hall–Kier alpha value is -2.39. The van der Waals surface area contributed by atoms with E-state index >= 15 is 0 Å². The molecule has 2 aliphatic rings. The Balaban J connectivity index is 1.56. The smallest absolute Gasteiger partial charge is 0.246 e. The topological polar surface area (TPSA) is 96.4 Å². The van der Waals surface area contributed by atoms with Crippen molar-refractivity contribution >= 4 is 15.9 Å². The number of aromatic nitrogens is 3. The molecule has 2 atom stereocenters. The third-order valence-corrected chi connectivity index (χ3v) is 7.76. The highest BCUT2D eigenvalue weighted by Gasteiger charge is 2.43. The molecule has 0 unspecified atom stereocenters. The molecule has 3 heterocycles. The Kier molecular flexibility index (Phi) is 5.59. The van der Waals surface area contributed by atoms with Crippen LogP contribution in [0.4, 0.5) is 0 Å². The maximum absolute atomic E-state index is 13.4. The number of rotatable bonds is 5. The van der Waals surface area contributed by atoms with Crippen LogP contribution in [0.2, 0.25) is 0 Å². The summed E-state index contributed by atoms with van der Waals surface area (Å²) in [5.74, 6) is 1.09. The van der Waals surface area contributed by atoms with Crippen molar-refractivity contribution < 1.29 is 13.2 Å². The van der Waals surface area contributed by atoms with Crippen LogP contribution >= 0.6 is 0 Å². The van der Waals surface area contributed by atoms with Crippen molar-refractivity contribution in [2.45, 2.75) is 38.0 Å². The Morgan fingerprint density at radius 2 is 1.87 bits per heavy atom. The van der Waals surface area contributed by atoms with Gasteiger partial charge >= 0.3 is 0 Å². The highest BCUT2D eigenvalue weighted by Crippen LogP contribution is 2.39. The maximum Gasteiger partial charge on any atom is 0.246 e. The summed E-state index contributed by atoms with van der Waals surface area (Å²) < 4.78 is 28.2. The van der Waals surface area contributed by atoms with Crippen molar-refractivity contribution in [3.05, 3.63) is 36.4 Å². The van der Waals surface area contributed by atoms with E-state index < -0.39 is 10.0 Å². The molecule has 4 rings (SSSR count). The molecule has 9 heteroatoms. The normalized spacial score (nSPS) is 22.3. The molecule has 30 heavy (non-hydrogen) atoms. The van der Waals surface area contributed by atoms with Gasteiger partial charge in [0.2, 0.25) is 15.9 Å². The van der Waals surface area contributed by atoms with Crippen LogP contribution in [0.1, 0.15) is 38.8 Å². The van der Waals surface area contributed by atoms with E-state index in [0.29, 0.717) is 30.5 Å². The lowest BCUT2D eigenvalue weighted by Gasteiger charge is -2.34. The quantitative estimate of drug-likeness (QED) is 0.723. The Labute approximate surface area is 177 Å². The van der Waals surface area contributed by atoms with Crippen molar-refractivity contribution in [1.82, 2.24) is 24.2 Å². The van der Waals surface area contributed by atoms with Gasteiger partial charge in [-0.3, -0.25) is 9.78 Å². The second-order valence-electron chi connectivity index (χ2n) is 8.39. The predicted octanol–water partition coefficient (Wildman–Crippen LogP) is 2.15. The van der Waals surface area contributed by atoms with Gasteiger partial charge in [-0.25, -0.2) is 18.4 Å². The number of nitrogens with zero attached hydrogens (tertiary/aromatic N) is 5. The standard InChI is InChI=1S/C21H27N5O3S/c1-14(2)19-18(13-23-20(24-19)16-5-4-6-22-12-16)30(28,29)26-9-7-25(8-10-26)21(27)17-11-15(17)3/h4-6,12-15,17H,7-11H2,1-3H3/t15-,17+/m1/s1. The molecular formula is C21H27N5O3S. The van der Waals surface area contributed by atoms with Crippen LogP contribution in [-0.2, 0) is 14.8 Å². The van der Waals surface area contributed by atoms with Crippen LogP contribution in [0.3, 0.4) is 0 Å². The van der Waals surface area contributed by atoms with E-state index in [9.17, 15) is 13.2 Å². The van der Waals surface area contributed by atoms with Crippen LogP contribution in [0.5, 0.6) is 0 Å². The second-order valence-corrected chi connectivity index (χ2v) is 10.3. The Morgan fingerprint density at radius 1 is 1.17 bits per heavy atom. The number of amides is 1. The lowest BCUT2D eigenvalue weighted by atomic mass is 10.1. The van der Waals surface area contributed by atoms with Crippen molar-refractivity contribution in [2.75, 3.05) is 26.2 Å². The molecule has 0 bridgehead atoms. The molecular weight excluding hydrogens is 402 g/mol. The Bertz CT molecular complexity index is 1030. The summed E-state index contributed by atoms with van der Waals surface area (Å²) in [6, 6.07) is 3.64. The van der Waals surface area contributed by atoms with Crippen LogP contribution < -0.4 is 0 Å². The van der Waals surface area contributed by atoms with E-state index in [1.807, 2.05) is 19.9 Å². The van der Waals surface area contributed by atoms with Gasteiger partial charge in [0.25, 0.3) is 0 Å². The summed E-state index contributed by atoms with van der Waals surface area (Å²) in [7, 11) is -3.75. The zero-order valence-electron chi connectivity index (χ0n) is 17.5. The lowest BCUT2D eigenvalue weighted by molar-refractivity contribution is -0.134. The van der Waals surface area contributed by atoms with Gasteiger partial charge in [-0.1, -0.05) is 20.8 Å². The van der Waals surface area contributed by atoms with Gasteiger partial charge < -0.3 is 4.90 Å². The highest BCUT2D eigenvalue weighted by atomic mass is 32.2. The zero-order chi connectivity index (χ0) is 21.5. The van der Waals surface area contributed by atoms with Gasteiger partial charge in [-0.2, -0.15) is 4.31 Å². The fourth-order valence-corrected chi connectivity index (χ4v) is 5.47. The average Bonchev–Trinajstić information content (AvgIpc) is 3.50. The van der Waals surface area contributed by atoms with Gasteiger partial charge in [0.15, 0.2) is 5.82 Å². The van der Waals surface area contributed by atoms with E-state index in [2.05, 4.69) is 21.9 Å². The third kappa shape index (κ3) is 3.96. The highest BCUT2D eigenvalue weighted by molar-refractivity contribution is 7.89. The first-order valence-corrected chi connectivity index (χ1v) is 11.8. The summed E-state index contributed by atoms with van der Waals surface area (Å²) in [4.78, 5) is 27.3. The van der Waals surface area contributed by atoms with Gasteiger partial charge in [-0.05, 0) is 30.4 Å². The van der Waals surface area contributed by atoms with Crippen LogP contribution in [0.15, 0.2) is 35.6 Å². The van der Waals surface area contributed by atoms with Gasteiger partial charge in [0.1, 0.15) is 4.90 Å². The van der Waals surface area contributed by atoms with Crippen molar-refractivity contribution in [3.63, 3.8) is 0 Å². The SMILES string of the molecule is CC(C)c1nc(-c2cccnc2)ncc1S(=O)(=O)N1CCN(C(=O)[C@H]2C[C@H]2C)CC1. The van der Waals surface area contributed by atoms with Crippen LogP contribution in [-0.4, -0.2) is 64.7 Å². The molecule has 1 saturated carbocycles. The number of carbonyl (C=O) groups is 1. The summed E-state index contributed by atoms with van der Waals surface area (Å²) in [5, 5.41) is 0. The van der Waals surface area contributed by atoms with Crippen molar-refractivity contribution in [3.8, 4) is 11.4 Å². The molecule has 1 saturated heterocycles. The van der Waals surface area contributed by atoms with E-state index in [1.54, 1.807) is 23.4 Å². The van der Waals surface area contributed by atoms with E-state index in [1.165, 1.54) is 10.5 Å². The zero-order valence-corrected chi connectivity index (χ0v) is 18.3. The summed E-state index contributed by atoms with van der Waals surface area (Å²) in [5.41, 5.74) is 1.24. The van der Waals surface area contributed by atoms with Crippen molar-refractivity contribution in [2.24, 2.45) is 11.8 Å². The molecule has 0 radical (unpaired) electrons. The summed E-state index contributed by atoms with van der Waals surface area (Å²) in [6.07, 6.45) is 5.67. The largest absolute Gasteiger partial charge is 0.340 e. The molecule has 2 fully saturated rings. The first kappa shape index (κ1) is 20.9. The molecule has 1 aliphatic carbocycles. The molecule has 1 aliphatic heterocycles. The van der Waals surface area contributed by atoms with Crippen LogP contribution in [0.25, 0.3) is 11.4 Å². The molecule has 8 nitrogen and oxygen atoms in total. The summed E-state index contributed by atoms with van der Waals surface area (Å²) in [6.45, 7) is 7.34. The monoisotopic (exact) mass is 429 g/mol. The minimum absolute atomic E-state index is 0.0904.